The van der Waals surface area contributed by atoms with E-state index in [0.29, 0.717) is 22.6 Å². The van der Waals surface area contributed by atoms with Gasteiger partial charge in [0.05, 0.1) is 25.3 Å². The molecule has 0 saturated carbocycles. The molecule has 0 spiro atoms. The first-order chi connectivity index (χ1) is 10.2. The molecule has 0 radical (unpaired) electrons. The SMILES string of the molecule is COc1cc(C(N)CCCC2CCCO2)cc(Cl)c1OC. The van der Waals surface area contributed by atoms with Crippen LogP contribution in [0.4, 0.5) is 0 Å². The summed E-state index contributed by atoms with van der Waals surface area (Å²) in [5.74, 6) is 1.17. The molecule has 1 aliphatic heterocycles. The number of ether oxygens (including phenoxy) is 3. The average Bonchev–Trinajstić information content (AvgIpc) is 2.99. The van der Waals surface area contributed by atoms with Crippen LogP contribution in [0.25, 0.3) is 0 Å². The molecule has 1 aromatic rings. The van der Waals surface area contributed by atoms with Crippen LogP contribution in [0.15, 0.2) is 12.1 Å². The number of hydrogen-bond acceptors (Lipinski definition) is 4. The zero-order chi connectivity index (χ0) is 15.2. The van der Waals surface area contributed by atoms with Crippen LogP contribution in [-0.4, -0.2) is 26.9 Å². The number of benzene rings is 1. The van der Waals surface area contributed by atoms with Crippen LogP contribution < -0.4 is 15.2 Å². The predicted octanol–water partition coefficient (Wildman–Crippen LogP) is 3.71. The Morgan fingerprint density at radius 1 is 1.38 bits per heavy atom. The largest absolute Gasteiger partial charge is 0.493 e. The molecule has 2 rings (SSSR count). The summed E-state index contributed by atoms with van der Waals surface area (Å²) in [5, 5.41) is 0.529. The molecule has 0 amide bonds. The van der Waals surface area contributed by atoms with Gasteiger partial charge in [-0.05, 0) is 49.8 Å². The van der Waals surface area contributed by atoms with Gasteiger partial charge >= 0.3 is 0 Å². The summed E-state index contributed by atoms with van der Waals surface area (Å²) in [6.45, 7) is 0.905. The van der Waals surface area contributed by atoms with Crippen molar-refractivity contribution >= 4 is 11.6 Å². The van der Waals surface area contributed by atoms with E-state index in [1.165, 1.54) is 12.8 Å². The van der Waals surface area contributed by atoms with Gasteiger partial charge in [-0.25, -0.2) is 0 Å². The van der Waals surface area contributed by atoms with E-state index in [-0.39, 0.29) is 6.04 Å². The molecule has 1 aliphatic rings. The van der Waals surface area contributed by atoms with Crippen molar-refractivity contribution in [1.29, 1.82) is 0 Å². The van der Waals surface area contributed by atoms with E-state index in [9.17, 15) is 0 Å². The van der Waals surface area contributed by atoms with E-state index >= 15 is 0 Å². The molecule has 1 aromatic carbocycles. The lowest BCUT2D eigenvalue weighted by atomic mass is 9.99. The molecule has 1 heterocycles. The fraction of sp³-hybridized carbons (Fsp3) is 0.625. The van der Waals surface area contributed by atoms with Crippen molar-refractivity contribution in [2.24, 2.45) is 5.73 Å². The fourth-order valence-electron chi connectivity index (χ4n) is 2.76. The number of nitrogens with two attached hydrogens (primary N) is 1. The van der Waals surface area contributed by atoms with E-state index < -0.39 is 0 Å². The normalized spacial score (nSPS) is 19.5. The van der Waals surface area contributed by atoms with Crippen molar-refractivity contribution in [2.45, 2.75) is 44.2 Å². The number of rotatable bonds is 7. The number of methoxy groups -OCH3 is 2. The molecular weight excluding hydrogens is 290 g/mol. The predicted molar refractivity (Wildman–Crippen MR) is 84.3 cm³/mol. The minimum Gasteiger partial charge on any atom is -0.493 e. The summed E-state index contributed by atoms with van der Waals surface area (Å²) in [5.41, 5.74) is 7.24. The molecule has 5 heteroatoms. The van der Waals surface area contributed by atoms with Gasteiger partial charge in [-0.1, -0.05) is 11.6 Å². The third-order valence-electron chi connectivity index (χ3n) is 3.95. The molecule has 2 unspecified atom stereocenters. The summed E-state index contributed by atoms with van der Waals surface area (Å²) >= 11 is 6.21. The molecule has 118 valence electrons. The van der Waals surface area contributed by atoms with E-state index in [4.69, 9.17) is 31.5 Å². The van der Waals surface area contributed by atoms with Gasteiger partial charge in [0.15, 0.2) is 11.5 Å². The van der Waals surface area contributed by atoms with Crippen LogP contribution in [0.1, 0.15) is 43.7 Å². The second-order valence-electron chi connectivity index (χ2n) is 5.41. The summed E-state index contributed by atoms with van der Waals surface area (Å²) in [6.07, 6.45) is 5.82. The molecular formula is C16H24ClNO3. The molecule has 2 N–H and O–H groups in total. The van der Waals surface area contributed by atoms with Crippen LogP contribution in [0.3, 0.4) is 0 Å². The van der Waals surface area contributed by atoms with Gasteiger partial charge in [0, 0.05) is 12.6 Å². The van der Waals surface area contributed by atoms with Gasteiger partial charge in [-0.15, -0.1) is 0 Å². The Kier molecular flexibility index (Phi) is 6.15. The molecule has 4 nitrogen and oxygen atoms in total. The Morgan fingerprint density at radius 3 is 2.81 bits per heavy atom. The van der Waals surface area contributed by atoms with Gasteiger partial charge in [0.2, 0.25) is 0 Å². The van der Waals surface area contributed by atoms with E-state index in [0.717, 1.165) is 31.4 Å². The minimum atomic E-state index is -0.0521. The number of hydrogen-bond donors (Lipinski definition) is 1. The van der Waals surface area contributed by atoms with E-state index in [1.54, 1.807) is 14.2 Å². The third-order valence-corrected chi connectivity index (χ3v) is 4.23. The van der Waals surface area contributed by atoms with Crippen LogP contribution in [0, 0.1) is 0 Å². The van der Waals surface area contributed by atoms with Crippen molar-refractivity contribution < 1.29 is 14.2 Å². The molecule has 21 heavy (non-hydrogen) atoms. The van der Waals surface area contributed by atoms with Crippen LogP contribution >= 0.6 is 11.6 Å². The summed E-state index contributed by atoms with van der Waals surface area (Å²) in [6, 6.07) is 3.71. The molecule has 1 saturated heterocycles. The second-order valence-corrected chi connectivity index (χ2v) is 5.82. The van der Waals surface area contributed by atoms with Crippen molar-refractivity contribution in [1.82, 2.24) is 0 Å². The molecule has 0 aromatic heterocycles. The van der Waals surface area contributed by atoms with Gasteiger partial charge in [0.1, 0.15) is 0 Å². The summed E-state index contributed by atoms with van der Waals surface area (Å²) in [4.78, 5) is 0. The van der Waals surface area contributed by atoms with Gasteiger partial charge in [-0.3, -0.25) is 0 Å². The van der Waals surface area contributed by atoms with E-state index in [1.807, 2.05) is 12.1 Å². The quantitative estimate of drug-likeness (QED) is 0.834. The molecule has 0 aliphatic carbocycles. The zero-order valence-electron chi connectivity index (χ0n) is 12.7. The van der Waals surface area contributed by atoms with Crippen molar-refractivity contribution in [3.8, 4) is 11.5 Å². The van der Waals surface area contributed by atoms with Crippen LogP contribution in [0.2, 0.25) is 5.02 Å². The minimum absolute atomic E-state index is 0.0521. The summed E-state index contributed by atoms with van der Waals surface area (Å²) < 4.78 is 16.2. The second kappa shape index (κ2) is 7.87. The highest BCUT2D eigenvalue weighted by Gasteiger charge is 2.17. The first kappa shape index (κ1) is 16.4. The van der Waals surface area contributed by atoms with Crippen molar-refractivity contribution in [2.75, 3.05) is 20.8 Å². The standard InChI is InChI=1S/C16H24ClNO3/c1-19-15-10-11(9-13(17)16(15)20-2)14(18)7-3-5-12-6-4-8-21-12/h9-10,12,14H,3-8,18H2,1-2H3. The number of halogens is 1. The first-order valence-corrected chi connectivity index (χ1v) is 7.82. The van der Waals surface area contributed by atoms with Gasteiger partial charge in [-0.2, -0.15) is 0 Å². The lowest BCUT2D eigenvalue weighted by molar-refractivity contribution is 0.101. The third kappa shape index (κ3) is 4.25. The van der Waals surface area contributed by atoms with Crippen molar-refractivity contribution in [3.05, 3.63) is 22.7 Å². The molecule has 2 atom stereocenters. The van der Waals surface area contributed by atoms with Gasteiger partial charge < -0.3 is 19.9 Å². The maximum atomic E-state index is 6.27. The Morgan fingerprint density at radius 2 is 2.19 bits per heavy atom. The summed E-state index contributed by atoms with van der Waals surface area (Å²) in [7, 11) is 3.17. The van der Waals surface area contributed by atoms with Crippen molar-refractivity contribution in [3.63, 3.8) is 0 Å². The smallest absolute Gasteiger partial charge is 0.179 e. The maximum absolute atomic E-state index is 6.27. The zero-order valence-corrected chi connectivity index (χ0v) is 13.5. The Balaban J connectivity index is 1.94. The first-order valence-electron chi connectivity index (χ1n) is 7.44. The fourth-order valence-corrected chi connectivity index (χ4v) is 3.05. The monoisotopic (exact) mass is 313 g/mol. The topological polar surface area (TPSA) is 53.7 Å². The Bertz CT molecular complexity index is 461. The lowest BCUT2D eigenvalue weighted by Crippen LogP contribution is -2.12. The van der Waals surface area contributed by atoms with Gasteiger partial charge in [0.25, 0.3) is 0 Å². The molecule has 1 fully saturated rings. The Labute approximate surface area is 131 Å². The highest BCUT2D eigenvalue weighted by atomic mass is 35.5. The molecule has 0 bridgehead atoms. The van der Waals surface area contributed by atoms with Crippen LogP contribution in [0.5, 0.6) is 11.5 Å². The maximum Gasteiger partial charge on any atom is 0.179 e. The van der Waals surface area contributed by atoms with E-state index in [2.05, 4.69) is 0 Å². The highest BCUT2D eigenvalue weighted by molar-refractivity contribution is 6.32. The average molecular weight is 314 g/mol. The van der Waals surface area contributed by atoms with Crippen LogP contribution in [-0.2, 0) is 4.74 Å². The Hall–Kier alpha value is -0.970. The highest BCUT2D eigenvalue weighted by Crippen LogP contribution is 2.38. The lowest BCUT2D eigenvalue weighted by Gasteiger charge is -2.17.